The Kier molecular flexibility index (Phi) is 7.03. The zero-order chi connectivity index (χ0) is 23.3. The van der Waals surface area contributed by atoms with Gasteiger partial charge >= 0.3 is 11.9 Å². The monoisotopic (exact) mass is 466 g/mol. The zero-order valence-corrected chi connectivity index (χ0v) is 17.5. The first kappa shape index (κ1) is 23.1. The van der Waals surface area contributed by atoms with E-state index in [-0.39, 0.29) is 17.3 Å². The summed E-state index contributed by atoms with van der Waals surface area (Å²) in [6.07, 6.45) is -1.41. The van der Waals surface area contributed by atoms with Crippen LogP contribution in [0.5, 0.6) is 5.75 Å². The third-order valence-electron chi connectivity index (χ3n) is 4.03. The van der Waals surface area contributed by atoms with Crippen molar-refractivity contribution in [2.75, 3.05) is 18.2 Å². The molecule has 1 aromatic carbocycles. The number of anilines is 1. The minimum Gasteiger partial charge on any atom is -0.496 e. The van der Waals surface area contributed by atoms with E-state index in [0.29, 0.717) is 16.3 Å². The molecule has 0 unspecified atom stereocenters. The fraction of sp³-hybridized carbons (Fsp3) is 0.200. The SMILES string of the molecule is C=CCSc1ncccc1-c1nn(CC(=O)Nc2ccc(OC)c(C(F)(F)F)c2)c(=O)o1. The normalized spacial score (nSPS) is 11.2. The van der Waals surface area contributed by atoms with E-state index < -0.39 is 29.9 Å². The van der Waals surface area contributed by atoms with E-state index in [1.54, 1.807) is 24.4 Å². The Bertz CT molecular complexity index is 1190. The summed E-state index contributed by atoms with van der Waals surface area (Å²) >= 11 is 1.36. The number of nitrogens with one attached hydrogen (secondary N) is 1. The molecule has 8 nitrogen and oxygen atoms in total. The van der Waals surface area contributed by atoms with Crippen LogP contribution in [0.3, 0.4) is 0 Å². The maximum Gasteiger partial charge on any atom is 0.437 e. The first-order chi connectivity index (χ1) is 15.2. The summed E-state index contributed by atoms with van der Waals surface area (Å²) in [7, 11) is 1.11. The highest BCUT2D eigenvalue weighted by molar-refractivity contribution is 7.99. The molecule has 0 spiro atoms. The largest absolute Gasteiger partial charge is 0.496 e. The molecule has 1 N–H and O–H groups in total. The van der Waals surface area contributed by atoms with E-state index in [9.17, 15) is 22.8 Å². The summed E-state index contributed by atoms with van der Waals surface area (Å²) in [5, 5.41) is 6.88. The number of alkyl halides is 3. The number of carbonyl (C=O) groups excluding carboxylic acids is 1. The number of carbonyl (C=O) groups is 1. The number of amides is 1. The van der Waals surface area contributed by atoms with Gasteiger partial charge in [0.25, 0.3) is 5.89 Å². The first-order valence-electron chi connectivity index (χ1n) is 9.05. The number of thioether (sulfide) groups is 1. The minimum atomic E-state index is -4.67. The molecular weight excluding hydrogens is 449 g/mol. The highest BCUT2D eigenvalue weighted by atomic mass is 32.2. The van der Waals surface area contributed by atoms with Crippen LogP contribution in [0.2, 0.25) is 0 Å². The molecule has 0 atom stereocenters. The van der Waals surface area contributed by atoms with Crippen LogP contribution >= 0.6 is 11.8 Å². The molecule has 3 rings (SSSR count). The number of aromatic nitrogens is 3. The molecule has 12 heteroatoms. The quantitative estimate of drug-likeness (QED) is 0.398. The van der Waals surface area contributed by atoms with Gasteiger partial charge in [0.05, 0.1) is 18.2 Å². The molecule has 0 aliphatic heterocycles. The molecule has 2 aromatic heterocycles. The van der Waals surface area contributed by atoms with Crippen molar-refractivity contribution >= 4 is 23.4 Å². The van der Waals surface area contributed by atoms with Crippen molar-refractivity contribution in [3.63, 3.8) is 0 Å². The molecule has 0 radical (unpaired) electrons. The molecule has 168 valence electrons. The Morgan fingerprint density at radius 1 is 1.38 bits per heavy atom. The van der Waals surface area contributed by atoms with Crippen LogP contribution in [-0.4, -0.2) is 33.5 Å². The number of hydrogen-bond donors (Lipinski definition) is 1. The molecule has 1 amide bonds. The lowest BCUT2D eigenvalue weighted by Gasteiger charge is -2.13. The Morgan fingerprint density at radius 3 is 2.84 bits per heavy atom. The number of rotatable bonds is 8. The number of methoxy groups -OCH3 is 1. The van der Waals surface area contributed by atoms with E-state index in [2.05, 4.69) is 22.0 Å². The van der Waals surface area contributed by atoms with Gasteiger partial charge in [0.2, 0.25) is 5.91 Å². The topological polar surface area (TPSA) is 99.3 Å². The Labute approximate surface area is 184 Å². The average Bonchev–Trinajstić information content (AvgIpc) is 3.11. The summed E-state index contributed by atoms with van der Waals surface area (Å²) in [4.78, 5) is 28.7. The number of hydrogen-bond acceptors (Lipinski definition) is 7. The zero-order valence-electron chi connectivity index (χ0n) is 16.7. The van der Waals surface area contributed by atoms with Gasteiger partial charge in [-0.05, 0) is 30.3 Å². The van der Waals surface area contributed by atoms with Crippen molar-refractivity contribution in [2.24, 2.45) is 0 Å². The molecule has 0 fully saturated rings. The third-order valence-corrected chi connectivity index (χ3v) is 5.03. The van der Waals surface area contributed by atoms with Crippen molar-refractivity contribution < 1.29 is 27.1 Å². The van der Waals surface area contributed by atoms with Crippen LogP contribution in [0.15, 0.2) is 63.4 Å². The van der Waals surface area contributed by atoms with Crippen LogP contribution in [0.1, 0.15) is 5.56 Å². The lowest BCUT2D eigenvalue weighted by Crippen LogP contribution is -2.26. The molecule has 32 heavy (non-hydrogen) atoms. The van der Waals surface area contributed by atoms with E-state index in [0.717, 1.165) is 23.9 Å². The summed E-state index contributed by atoms with van der Waals surface area (Å²) in [5.74, 6) is -1.51. The molecule has 0 bridgehead atoms. The highest BCUT2D eigenvalue weighted by Gasteiger charge is 2.34. The van der Waals surface area contributed by atoms with Crippen LogP contribution < -0.4 is 15.8 Å². The fourth-order valence-corrected chi connectivity index (χ4v) is 3.39. The van der Waals surface area contributed by atoms with Gasteiger partial charge in [-0.3, -0.25) is 4.79 Å². The van der Waals surface area contributed by atoms with Gasteiger partial charge in [-0.25, -0.2) is 9.78 Å². The molecular formula is C20H17F3N4O4S. The van der Waals surface area contributed by atoms with Gasteiger partial charge in [-0.15, -0.1) is 23.4 Å². The van der Waals surface area contributed by atoms with Crippen molar-refractivity contribution in [1.82, 2.24) is 14.8 Å². The van der Waals surface area contributed by atoms with Crippen LogP contribution in [-0.2, 0) is 17.5 Å². The summed E-state index contributed by atoms with van der Waals surface area (Å²) in [6.45, 7) is 3.07. The number of benzene rings is 1. The van der Waals surface area contributed by atoms with Gasteiger partial charge in [0, 0.05) is 17.6 Å². The minimum absolute atomic E-state index is 0.0359. The third kappa shape index (κ3) is 5.38. The molecule has 0 saturated carbocycles. The van der Waals surface area contributed by atoms with Crippen molar-refractivity contribution in [3.05, 3.63) is 65.3 Å². The van der Waals surface area contributed by atoms with Crippen molar-refractivity contribution in [1.29, 1.82) is 0 Å². The van der Waals surface area contributed by atoms with E-state index in [1.165, 1.54) is 17.8 Å². The molecule has 0 aliphatic rings. The second-order valence-electron chi connectivity index (χ2n) is 6.25. The van der Waals surface area contributed by atoms with Gasteiger partial charge in [0.15, 0.2) is 0 Å². The van der Waals surface area contributed by atoms with E-state index in [1.807, 2.05) is 0 Å². The second kappa shape index (κ2) is 9.73. The predicted molar refractivity (Wildman–Crippen MR) is 112 cm³/mol. The lowest BCUT2D eigenvalue weighted by molar-refractivity contribution is -0.138. The van der Waals surface area contributed by atoms with Gasteiger partial charge in [-0.2, -0.15) is 17.9 Å². The standard InChI is InChI=1S/C20H17F3N4O4S/c1-3-9-32-18-13(5-4-8-24-18)17-26-27(19(29)31-17)11-16(28)25-12-6-7-15(30-2)14(10-12)20(21,22)23/h3-8,10H,1,9,11H2,2H3,(H,25,28). The average molecular weight is 466 g/mol. The molecule has 0 aliphatic carbocycles. The highest BCUT2D eigenvalue weighted by Crippen LogP contribution is 2.37. The summed E-state index contributed by atoms with van der Waals surface area (Å²) in [6, 6.07) is 6.38. The Morgan fingerprint density at radius 2 is 2.16 bits per heavy atom. The Hall–Kier alpha value is -3.54. The number of ether oxygens (including phenoxy) is 1. The van der Waals surface area contributed by atoms with E-state index >= 15 is 0 Å². The molecule has 3 aromatic rings. The fourth-order valence-electron chi connectivity index (χ4n) is 2.67. The lowest BCUT2D eigenvalue weighted by atomic mass is 10.1. The summed E-state index contributed by atoms with van der Waals surface area (Å²) in [5.41, 5.74) is -0.698. The van der Waals surface area contributed by atoms with Gasteiger partial charge in [0.1, 0.15) is 17.3 Å². The summed E-state index contributed by atoms with van der Waals surface area (Å²) < 4.78 is 50.1. The molecule has 2 heterocycles. The maximum atomic E-state index is 13.2. The van der Waals surface area contributed by atoms with Crippen LogP contribution in [0, 0.1) is 0 Å². The van der Waals surface area contributed by atoms with Crippen molar-refractivity contribution in [3.8, 4) is 17.2 Å². The number of halogens is 3. The Balaban J connectivity index is 1.79. The van der Waals surface area contributed by atoms with Gasteiger partial charge < -0.3 is 14.5 Å². The maximum absolute atomic E-state index is 13.2. The van der Waals surface area contributed by atoms with E-state index in [4.69, 9.17) is 9.15 Å². The van der Waals surface area contributed by atoms with Crippen LogP contribution in [0.25, 0.3) is 11.5 Å². The van der Waals surface area contributed by atoms with Crippen molar-refractivity contribution in [2.45, 2.75) is 17.7 Å². The first-order valence-corrected chi connectivity index (χ1v) is 10.0. The van der Waals surface area contributed by atoms with Gasteiger partial charge in [-0.1, -0.05) is 6.08 Å². The molecule has 0 saturated heterocycles. The second-order valence-corrected chi connectivity index (χ2v) is 7.26. The number of pyridine rings is 1. The predicted octanol–water partition coefficient (Wildman–Crippen LogP) is 3.84. The smallest absolute Gasteiger partial charge is 0.437 e. The number of nitrogens with zero attached hydrogens (tertiary/aromatic N) is 3. The van der Waals surface area contributed by atoms with Crippen LogP contribution in [0.4, 0.5) is 18.9 Å².